The van der Waals surface area contributed by atoms with E-state index >= 15 is 0 Å². The monoisotopic (exact) mass is 345 g/mol. The predicted molar refractivity (Wildman–Crippen MR) is 98.4 cm³/mol. The van der Waals surface area contributed by atoms with Gasteiger partial charge >= 0.3 is 0 Å². The quantitative estimate of drug-likeness (QED) is 0.766. The van der Waals surface area contributed by atoms with Gasteiger partial charge in [-0.2, -0.15) is 11.8 Å². The molecule has 1 atom stereocenters. The number of rotatable bonds is 2. The third kappa shape index (κ3) is 3.91. The highest BCUT2D eigenvalue weighted by Gasteiger charge is 2.23. The molecular weight excluding hydrogens is 326 g/mol. The first-order valence-electron chi connectivity index (χ1n) is 7.87. The maximum absolute atomic E-state index is 12.6. The molecule has 1 amide bonds. The van der Waals surface area contributed by atoms with E-state index in [1.165, 1.54) is 11.1 Å². The van der Waals surface area contributed by atoms with Crippen LogP contribution in [-0.2, 0) is 0 Å². The fourth-order valence-corrected chi connectivity index (χ4v) is 4.40. The molecule has 2 nitrogen and oxygen atoms in total. The number of halogens is 1. The molecule has 0 spiro atoms. The maximum Gasteiger partial charge on any atom is 0.253 e. The number of benzene rings is 2. The van der Waals surface area contributed by atoms with E-state index in [1.54, 1.807) is 12.1 Å². The van der Waals surface area contributed by atoms with E-state index in [9.17, 15) is 4.79 Å². The molecule has 23 heavy (non-hydrogen) atoms. The standard InChI is InChI=1S/C19H20ClNOS/c1-14-4-2-3-5-17(14)18-10-11-21(12-13-23-18)19(22)15-6-8-16(20)9-7-15/h2-9,18H,10-13H2,1H3/t18-/m0/s1. The number of hydrogen-bond donors (Lipinski definition) is 0. The number of aryl methyl sites for hydroxylation is 1. The average molecular weight is 346 g/mol. The van der Waals surface area contributed by atoms with Crippen LogP contribution in [0.15, 0.2) is 48.5 Å². The van der Waals surface area contributed by atoms with Crippen LogP contribution in [-0.4, -0.2) is 29.6 Å². The van der Waals surface area contributed by atoms with E-state index in [-0.39, 0.29) is 5.91 Å². The van der Waals surface area contributed by atoms with Crippen molar-refractivity contribution in [1.29, 1.82) is 0 Å². The van der Waals surface area contributed by atoms with E-state index in [2.05, 4.69) is 31.2 Å². The lowest BCUT2D eigenvalue weighted by atomic mass is 10.0. The van der Waals surface area contributed by atoms with E-state index < -0.39 is 0 Å². The van der Waals surface area contributed by atoms with Crippen LogP contribution >= 0.6 is 23.4 Å². The molecule has 0 radical (unpaired) electrons. The van der Waals surface area contributed by atoms with Gasteiger partial charge in [-0.3, -0.25) is 4.79 Å². The molecule has 0 aliphatic carbocycles. The number of thioether (sulfide) groups is 1. The van der Waals surface area contributed by atoms with Crippen LogP contribution in [0.2, 0.25) is 5.02 Å². The SMILES string of the molecule is Cc1ccccc1[C@@H]1CCN(C(=O)c2ccc(Cl)cc2)CCS1. The van der Waals surface area contributed by atoms with E-state index in [0.717, 1.165) is 25.3 Å². The molecule has 0 N–H and O–H groups in total. The Kier molecular flexibility index (Phi) is 5.29. The molecule has 1 aliphatic rings. The molecule has 0 saturated carbocycles. The maximum atomic E-state index is 12.6. The largest absolute Gasteiger partial charge is 0.338 e. The van der Waals surface area contributed by atoms with Crippen molar-refractivity contribution in [2.45, 2.75) is 18.6 Å². The van der Waals surface area contributed by atoms with Crippen molar-refractivity contribution in [2.75, 3.05) is 18.8 Å². The van der Waals surface area contributed by atoms with Crippen molar-refractivity contribution in [2.24, 2.45) is 0 Å². The Balaban J connectivity index is 1.70. The molecule has 0 bridgehead atoms. The summed E-state index contributed by atoms with van der Waals surface area (Å²) in [6, 6.07) is 15.7. The highest BCUT2D eigenvalue weighted by Crippen LogP contribution is 2.36. The highest BCUT2D eigenvalue weighted by molar-refractivity contribution is 7.99. The van der Waals surface area contributed by atoms with Crippen molar-refractivity contribution in [3.8, 4) is 0 Å². The van der Waals surface area contributed by atoms with Crippen LogP contribution in [0.1, 0.15) is 33.2 Å². The van der Waals surface area contributed by atoms with Crippen LogP contribution in [0.3, 0.4) is 0 Å². The second kappa shape index (κ2) is 7.41. The number of amides is 1. The van der Waals surface area contributed by atoms with E-state index in [1.807, 2.05) is 28.8 Å². The third-order valence-electron chi connectivity index (χ3n) is 4.26. The van der Waals surface area contributed by atoms with E-state index in [4.69, 9.17) is 11.6 Å². The number of hydrogen-bond acceptors (Lipinski definition) is 2. The Bertz CT molecular complexity index is 686. The first-order chi connectivity index (χ1) is 11.1. The minimum Gasteiger partial charge on any atom is -0.338 e. The van der Waals surface area contributed by atoms with Gasteiger partial charge in [0.25, 0.3) is 5.91 Å². The van der Waals surface area contributed by atoms with Gasteiger partial charge < -0.3 is 4.90 Å². The van der Waals surface area contributed by atoms with Gasteiger partial charge in [0.15, 0.2) is 0 Å². The van der Waals surface area contributed by atoms with Crippen LogP contribution in [0.4, 0.5) is 0 Å². The summed E-state index contributed by atoms with van der Waals surface area (Å²) in [5.74, 6) is 1.07. The summed E-state index contributed by atoms with van der Waals surface area (Å²) in [7, 11) is 0. The molecule has 4 heteroatoms. The fourth-order valence-electron chi connectivity index (χ4n) is 2.94. The smallest absolute Gasteiger partial charge is 0.253 e. The molecule has 1 fully saturated rings. The normalized spacial score (nSPS) is 18.5. The molecule has 1 aliphatic heterocycles. The van der Waals surface area contributed by atoms with E-state index in [0.29, 0.717) is 15.8 Å². The van der Waals surface area contributed by atoms with Crippen LogP contribution in [0.5, 0.6) is 0 Å². The van der Waals surface area contributed by atoms with Crippen molar-refractivity contribution in [1.82, 2.24) is 4.90 Å². The Labute approximate surface area is 146 Å². The molecule has 2 aromatic rings. The summed E-state index contributed by atoms with van der Waals surface area (Å²) >= 11 is 7.86. The molecule has 1 heterocycles. The zero-order chi connectivity index (χ0) is 16.2. The van der Waals surface area contributed by atoms with Gasteiger partial charge in [-0.15, -0.1) is 0 Å². The van der Waals surface area contributed by atoms with Crippen molar-refractivity contribution < 1.29 is 4.79 Å². The lowest BCUT2D eigenvalue weighted by Crippen LogP contribution is -2.32. The Morgan fingerprint density at radius 3 is 2.61 bits per heavy atom. The van der Waals surface area contributed by atoms with Gasteiger partial charge in [0, 0.05) is 34.7 Å². The lowest BCUT2D eigenvalue weighted by Gasteiger charge is -2.20. The minimum absolute atomic E-state index is 0.104. The van der Waals surface area contributed by atoms with Crippen molar-refractivity contribution in [3.05, 3.63) is 70.2 Å². The first-order valence-corrected chi connectivity index (χ1v) is 9.30. The minimum atomic E-state index is 0.104. The van der Waals surface area contributed by atoms with Gasteiger partial charge in [0.1, 0.15) is 0 Å². The summed E-state index contributed by atoms with van der Waals surface area (Å²) in [5.41, 5.74) is 3.45. The summed E-state index contributed by atoms with van der Waals surface area (Å²) in [4.78, 5) is 14.6. The zero-order valence-electron chi connectivity index (χ0n) is 13.2. The van der Waals surface area contributed by atoms with Gasteiger partial charge in [0.05, 0.1) is 0 Å². The van der Waals surface area contributed by atoms with Gasteiger partial charge in [-0.25, -0.2) is 0 Å². The zero-order valence-corrected chi connectivity index (χ0v) is 14.7. The Morgan fingerprint density at radius 2 is 1.87 bits per heavy atom. The topological polar surface area (TPSA) is 20.3 Å². The lowest BCUT2D eigenvalue weighted by molar-refractivity contribution is 0.0766. The highest BCUT2D eigenvalue weighted by atomic mass is 35.5. The average Bonchev–Trinajstić information content (AvgIpc) is 2.81. The summed E-state index contributed by atoms with van der Waals surface area (Å²) in [6.07, 6.45) is 0.995. The van der Waals surface area contributed by atoms with Crippen molar-refractivity contribution in [3.63, 3.8) is 0 Å². The van der Waals surface area contributed by atoms with Crippen LogP contribution in [0.25, 0.3) is 0 Å². The van der Waals surface area contributed by atoms with Crippen LogP contribution < -0.4 is 0 Å². The van der Waals surface area contributed by atoms with Gasteiger partial charge in [0.2, 0.25) is 0 Å². The van der Waals surface area contributed by atoms with Crippen LogP contribution in [0, 0.1) is 6.92 Å². The number of carbonyl (C=O) groups is 1. The predicted octanol–water partition coefficient (Wildman–Crippen LogP) is 4.97. The Morgan fingerprint density at radius 1 is 1.13 bits per heavy atom. The third-order valence-corrected chi connectivity index (χ3v) is 5.82. The summed E-state index contributed by atoms with van der Waals surface area (Å²) in [6.45, 7) is 3.76. The molecule has 2 aromatic carbocycles. The molecular formula is C19H20ClNOS. The number of nitrogens with zero attached hydrogens (tertiary/aromatic N) is 1. The van der Waals surface area contributed by atoms with Gasteiger partial charge in [-0.1, -0.05) is 35.9 Å². The Hall–Kier alpha value is -1.45. The molecule has 0 aromatic heterocycles. The van der Waals surface area contributed by atoms with Crippen molar-refractivity contribution >= 4 is 29.3 Å². The molecule has 1 saturated heterocycles. The summed E-state index contributed by atoms with van der Waals surface area (Å²) in [5, 5.41) is 1.13. The first kappa shape index (κ1) is 16.4. The second-order valence-electron chi connectivity index (χ2n) is 5.80. The second-order valence-corrected chi connectivity index (χ2v) is 7.55. The number of carbonyl (C=O) groups excluding carboxylic acids is 1. The molecule has 3 rings (SSSR count). The molecule has 120 valence electrons. The van der Waals surface area contributed by atoms with Gasteiger partial charge in [-0.05, 0) is 48.7 Å². The molecule has 0 unspecified atom stereocenters. The fraction of sp³-hybridized carbons (Fsp3) is 0.316. The summed E-state index contributed by atoms with van der Waals surface area (Å²) < 4.78 is 0.